The van der Waals surface area contributed by atoms with Crippen LogP contribution in [0.2, 0.25) is 0 Å². The van der Waals surface area contributed by atoms with Crippen LogP contribution in [0, 0.1) is 0 Å². The van der Waals surface area contributed by atoms with Crippen molar-refractivity contribution in [3.8, 4) is 11.5 Å². The molecule has 0 saturated heterocycles. The van der Waals surface area contributed by atoms with Crippen LogP contribution < -0.4 is 20.3 Å². The van der Waals surface area contributed by atoms with Crippen molar-refractivity contribution in [2.75, 3.05) is 14.2 Å². The summed E-state index contributed by atoms with van der Waals surface area (Å²) in [4.78, 5) is 32.5. The van der Waals surface area contributed by atoms with Gasteiger partial charge >= 0.3 is 0 Å². The number of aromatic amines is 1. The van der Waals surface area contributed by atoms with Gasteiger partial charge in [0.25, 0.3) is 5.91 Å². The van der Waals surface area contributed by atoms with Crippen molar-refractivity contribution in [2.24, 2.45) is 0 Å². The fourth-order valence-electron chi connectivity index (χ4n) is 3.56. The third-order valence-electron chi connectivity index (χ3n) is 5.38. The first kappa shape index (κ1) is 24.2. The molecule has 35 heavy (non-hydrogen) atoms. The summed E-state index contributed by atoms with van der Waals surface area (Å²) in [5.74, 6) is 1.24. The molecule has 0 bridgehead atoms. The van der Waals surface area contributed by atoms with Crippen molar-refractivity contribution < 1.29 is 19.1 Å². The number of amides is 2. The van der Waals surface area contributed by atoms with Gasteiger partial charge in [-0.2, -0.15) is 0 Å². The summed E-state index contributed by atoms with van der Waals surface area (Å²) in [6.07, 6.45) is 0.626. The molecule has 0 fully saturated rings. The quantitative estimate of drug-likeness (QED) is 0.239. The number of carbonyl (C=O) groups is 2. The van der Waals surface area contributed by atoms with Gasteiger partial charge in [0.15, 0.2) is 16.7 Å². The molecule has 1 heterocycles. The molecule has 0 spiro atoms. The summed E-state index contributed by atoms with van der Waals surface area (Å²) in [5, 5.41) is 0.849. The third kappa shape index (κ3) is 6.13. The van der Waals surface area contributed by atoms with Crippen molar-refractivity contribution in [2.45, 2.75) is 23.8 Å². The van der Waals surface area contributed by atoms with Gasteiger partial charge in [0, 0.05) is 17.7 Å². The molecule has 3 N–H and O–H groups in total. The van der Waals surface area contributed by atoms with Crippen LogP contribution in [-0.4, -0.2) is 36.0 Å². The van der Waals surface area contributed by atoms with E-state index in [1.165, 1.54) is 0 Å². The fraction of sp³-hybridized carbons (Fsp3) is 0.192. The number of nitrogens with one attached hydrogen (secondary N) is 3. The maximum atomic E-state index is 12.4. The number of aromatic nitrogens is 2. The summed E-state index contributed by atoms with van der Waals surface area (Å²) in [6, 6.07) is 20.7. The Morgan fingerprint density at radius 1 is 0.943 bits per heavy atom. The predicted molar refractivity (Wildman–Crippen MR) is 136 cm³/mol. The zero-order valence-electron chi connectivity index (χ0n) is 19.5. The van der Waals surface area contributed by atoms with Gasteiger partial charge in [-0.1, -0.05) is 48.2 Å². The van der Waals surface area contributed by atoms with E-state index in [9.17, 15) is 9.59 Å². The zero-order chi connectivity index (χ0) is 24.6. The van der Waals surface area contributed by atoms with Crippen molar-refractivity contribution in [3.63, 3.8) is 0 Å². The standard InChI is InChI=1S/C26H26N4O4S/c1-33-22-9-5-6-18(24(22)34-2)14-15-23(31)29-30-25(32)19-12-10-17(11-13-19)16-35-26-27-20-7-3-4-8-21(20)28-26/h3-13H,14-16H2,1-2H3,(H,27,28)(H,29,31)(H,30,32). The van der Waals surface area contributed by atoms with Gasteiger partial charge in [0.1, 0.15) is 0 Å². The topological polar surface area (TPSA) is 105 Å². The number of fused-ring (bicyclic) bond motifs is 1. The van der Waals surface area contributed by atoms with Crippen LogP contribution in [0.25, 0.3) is 11.0 Å². The number of imidazole rings is 1. The molecule has 0 aliphatic carbocycles. The second-order valence-electron chi connectivity index (χ2n) is 7.70. The minimum absolute atomic E-state index is 0.182. The largest absolute Gasteiger partial charge is 0.493 e. The van der Waals surface area contributed by atoms with E-state index in [0.29, 0.717) is 29.2 Å². The highest BCUT2D eigenvalue weighted by atomic mass is 32.2. The van der Waals surface area contributed by atoms with Gasteiger partial charge in [-0.15, -0.1) is 0 Å². The Morgan fingerprint density at radius 2 is 1.74 bits per heavy atom. The van der Waals surface area contributed by atoms with E-state index in [2.05, 4.69) is 20.8 Å². The smallest absolute Gasteiger partial charge is 0.269 e. The lowest BCUT2D eigenvalue weighted by molar-refractivity contribution is -0.121. The van der Waals surface area contributed by atoms with E-state index < -0.39 is 0 Å². The second-order valence-corrected chi connectivity index (χ2v) is 8.66. The van der Waals surface area contributed by atoms with Crippen molar-refractivity contribution >= 4 is 34.6 Å². The SMILES string of the molecule is COc1cccc(CCC(=O)NNC(=O)c2ccc(CSc3nc4ccccc4[nH]3)cc2)c1OC. The third-order valence-corrected chi connectivity index (χ3v) is 6.33. The van der Waals surface area contributed by atoms with Gasteiger partial charge in [0.2, 0.25) is 5.91 Å². The Morgan fingerprint density at radius 3 is 2.49 bits per heavy atom. The number of carbonyl (C=O) groups excluding carboxylic acids is 2. The number of benzene rings is 3. The molecule has 0 aliphatic heterocycles. The van der Waals surface area contributed by atoms with Crippen molar-refractivity contribution in [1.29, 1.82) is 0 Å². The average Bonchev–Trinajstić information content (AvgIpc) is 3.32. The molecule has 0 atom stereocenters. The summed E-state index contributed by atoms with van der Waals surface area (Å²) in [7, 11) is 3.13. The lowest BCUT2D eigenvalue weighted by atomic mass is 10.1. The number of nitrogens with zero attached hydrogens (tertiary/aromatic N) is 1. The number of methoxy groups -OCH3 is 2. The number of hydrazine groups is 1. The highest BCUT2D eigenvalue weighted by Gasteiger charge is 2.12. The van der Waals surface area contributed by atoms with Crippen molar-refractivity contribution in [1.82, 2.24) is 20.8 Å². The molecule has 0 saturated carbocycles. The maximum Gasteiger partial charge on any atom is 0.269 e. The monoisotopic (exact) mass is 490 g/mol. The molecule has 3 aromatic carbocycles. The number of ether oxygens (including phenoxy) is 2. The first-order valence-electron chi connectivity index (χ1n) is 11.0. The molecule has 0 unspecified atom stereocenters. The minimum atomic E-state index is -0.381. The highest BCUT2D eigenvalue weighted by molar-refractivity contribution is 7.98. The number of rotatable bonds is 9. The van der Waals surface area contributed by atoms with Crippen LogP contribution in [0.15, 0.2) is 71.9 Å². The van der Waals surface area contributed by atoms with Gasteiger partial charge in [0.05, 0.1) is 25.3 Å². The van der Waals surface area contributed by atoms with Crippen LogP contribution in [0.5, 0.6) is 11.5 Å². The van der Waals surface area contributed by atoms with E-state index >= 15 is 0 Å². The van der Waals surface area contributed by atoms with Crippen LogP contribution in [0.1, 0.15) is 27.9 Å². The normalized spacial score (nSPS) is 10.7. The molecule has 1 aromatic heterocycles. The molecule has 0 aliphatic rings. The van der Waals surface area contributed by atoms with E-state index in [-0.39, 0.29) is 18.2 Å². The Balaban J connectivity index is 1.24. The average molecular weight is 491 g/mol. The Bertz CT molecular complexity index is 1290. The van der Waals surface area contributed by atoms with Gasteiger partial charge in [-0.05, 0) is 47.9 Å². The van der Waals surface area contributed by atoms with E-state index in [1.54, 1.807) is 44.2 Å². The maximum absolute atomic E-state index is 12.4. The molecule has 0 radical (unpaired) electrons. The molecule has 8 nitrogen and oxygen atoms in total. The predicted octanol–water partition coefficient (Wildman–Crippen LogP) is 4.27. The molecule has 4 rings (SSSR count). The minimum Gasteiger partial charge on any atom is -0.493 e. The van der Waals surface area contributed by atoms with Crippen LogP contribution in [-0.2, 0) is 17.0 Å². The number of hydrogen-bond donors (Lipinski definition) is 3. The van der Waals surface area contributed by atoms with Crippen LogP contribution in [0.3, 0.4) is 0 Å². The molecular weight excluding hydrogens is 464 g/mol. The summed E-state index contributed by atoms with van der Waals surface area (Å²) in [6.45, 7) is 0. The van der Waals surface area contributed by atoms with Crippen molar-refractivity contribution in [3.05, 3.63) is 83.4 Å². The van der Waals surface area contributed by atoms with E-state index in [1.807, 2.05) is 48.5 Å². The molecule has 2 amide bonds. The molecule has 180 valence electrons. The number of aryl methyl sites for hydroxylation is 1. The molecule has 9 heteroatoms. The number of H-pyrrole nitrogens is 1. The number of para-hydroxylation sites is 3. The lowest BCUT2D eigenvalue weighted by Gasteiger charge is -2.12. The first-order chi connectivity index (χ1) is 17.1. The summed E-state index contributed by atoms with van der Waals surface area (Å²) >= 11 is 1.60. The lowest BCUT2D eigenvalue weighted by Crippen LogP contribution is -2.41. The Kier molecular flexibility index (Phi) is 7.89. The fourth-order valence-corrected chi connectivity index (χ4v) is 4.40. The Hall–Kier alpha value is -3.98. The number of thioether (sulfide) groups is 1. The van der Waals surface area contributed by atoms with Gasteiger partial charge in [-0.3, -0.25) is 20.4 Å². The number of hydrogen-bond acceptors (Lipinski definition) is 6. The zero-order valence-corrected chi connectivity index (χ0v) is 20.3. The second kappa shape index (κ2) is 11.4. The van der Waals surface area contributed by atoms with Crippen LogP contribution in [0.4, 0.5) is 0 Å². The van der Waals surface area contributed by atoms with E-state index in [0.717, 1.165) is 27.3 Å². The summed E-state index contributed by atoms with van der Waals surface area (Å²) in [5.41, 5.74) is 9.24. The summed E-state index contributed by atoms with van der Waals surface area (Å²) < 4.78 is 10.7. The van der Waals surface area contributed by atoms with Crippen LogP contribution >= 0.6 is 11.8 Å². The van der Waals surface area contributed by atoms with E-state index in [4.69, 9.17) is 9.47 Å². The van der Waals surface area contributed by atoms with Gasteiger partial charge < -0.3 is 14.5 Å². The molecular formula is C26H26N4O4S. The highest BCUT2D eigenvalue weighted by Crippen LogP contribution is 2.31. The Labute approximate surface area is 207 Å². The molecule has 4 aromatic rings. The first-order valence-corrected chi connectivity index (χ1v) is 12.0. The van der Waals surface area contributed by atoms with Gasteiger partial charge in [-0.25, -0.2) is 4.98 Å².